The van der Waals surface area contributed by atoms with Gasteiger partial charge in [0.05, 0.1) is 16.4 Å². The predicted octanol–water partition coefficient (Wildman–Crippen LogP) is 3.53. The van der Waals surface area contributed by atoms with E-state index in [4.69, 9.17) is 11.6 Å². The average Bonchev–Trinajstić information content (AvgIpc) is 2.19. The van der Waals surface area contributed by atoms with Crippen LogP contribution in [0.4, 0.5) is 11.4 Å². The fraction of sp³-hybridized carbons (Fsp3) is 0.538. The Bertz CT molecular complexity index is 401. The highest BCUT2D eigenvalue weighted by molar-refractivity contribution is 6.34. The highest BCUT2D eigenvalue weighted by atomic mass is 35.5. The number of halogens is 1. The van der Waals surface area contributed by atoms with Gasteiger partial charge in [0, 0.05) is 19.6 Å². The maximum absolute atomic E-state index is 6.29. The number of aryl methyl sites for hydroxylation is 1. The molecule has 2 nitrogen and oxygen atoms in total. The standard InChI is InChI=1S/C13H19ClN2/c1-8(2)11-7-16(4)12-6-9(3)5-10(14)13(12)15-11/h5-6,8,11,15H,7H2,1-4H3. The molecule has 0 radical (unpaired) electrons. The van der Waals surface area contributed by atoms with Gasteiger partial charge in [-0.2, -0.15) is 0 Å². The molecule has 1 aromatic carbocycles. The van der Waals surface area contributed by atoms with Crippen LogP contribution in [-0.2, 0) is 0 Å². The van der Waals surface area contributed by atoms with Crippen LogP contribution >= 0.6 is 11.6 Å². The van der Waals surface area contributed by atoms with E-state index in [-0.39, 0.29) is 0 Å². The Morgan fingerprint density at radius 3 is 2.75 bits per heavy atom. The molecule has 1 atom stereocenters. The van der Waals surface area contributed by atoms with Gasteiger partial charge in [-0.05, 0) is 30.5 Å². The summed E-state index contributed by atoms with van der Waals surface area (Å²) in [7, 11) is 2.13. The Kier molecular flexibility index (Phi) is 3.02. The summed E-state index contributed by atoms with van der Waals surface area (Å²) in [4.78, 5) is 2.29. The van der Waals surface area contributed by atoms with E-state index in [9.17, 15) is 0 Å². The Balaban J connectivity index is 2.42. The minimum absolute atomic E-state index is 0.470. The number of anilines is 2. The molecule has 0 spiro atoms. The average molecular weight is 239 g/mol. The van der Waals surface area contributed by atoms with Gasteiger partial charge in [-0.15, -0.1) is 0 Å². The van der Waals surface area contributed by atoms with Gasteiger partial charge in [-0.1, -0.05) is 25.4 Å². The zero-order chi connectivity index (χ0) is 11.9. The lowest BCUT2D eigenvalue weighted by atomic mass is 9.99. The van der Waals surface area contributed by atoms with Gasteiger partial charge < -0.3 is 10.2 Å². The molecule has 1 unspecified atom stereocenters. The van der Waals surface area contributed by atoms with Crippen molar-refractivity contribution in [1.29, 1.82) is 0 Å². The van der Waals surface area contributed by atoms with E-state index in [1.165, 1.54) is 11.3 Å². The summed E-state index contributed by atoms with van der Waals surface area (Å²) < 4.78 is 0. The number of hydrogen-bond donors (Lipinski definition) is 1. The number of hydrogen-bond acceptors (Lipinski definition) is 2. The Morgan fingerprint density at radius 1 is 1.44 bits per heavy atom. The zero-order valence-corrected chi connectivity index (χ0v) is 11.1. The van der Waals surface area contributed by atoms with Crippen LogP contribution in [0.1, 0.15) is 19.4 Å². The molecule has 1 N–H and O–H groups in total. The number of nitrogens with one attached hydrogen (secondary N) is 1. The smallest absolute Gasteiger partial charge is 0.0770 e. The van der Waals surface area contributed by atoms with Crippen molar-refractivity contribution in [1.82, 2.24) is 0 Å². The summed E-state index contributed by atoms with van der Waals surface area (Å²) >= 11 is 6.29. The first-order valence-electron chi connectivity index (χ1n) is 5.77. The Labute approximate surface area is 103 Å². The molecular weight excluding hydrogens is 220 g/mol. The predicted molar refractivity (Wildman–Crippen MR) is 71.7 cm³/mol. The van der Waals surface area contributed by atoms with Crippen molar-refractivity contribution < 1.29 is 0 Å². The first kappa shape index (κ1) is 11.6. The van der Waals surface area contributed by atoms with Gasteiger partial charge in [0.1, 0.15) is 0 Å². The normalized spacial score (nSPS) is 19.6. The van der Waals surface area contributed by atoms with E-state index in [1.807, 2.05) is 6.07 Å². The van der Waals surface area contributed by atoms with Crippen LogP contribution in [0.2, 0.25) is 5.02 Å². The third-order valence-electron chi connectivity index (χ3n) is 3.23. The van der Waals surface area contributed by atoms with Crippen molar-refractivity contribution in [3.05, 3.63) is 22.7 Å². The molecule has 0 saturated heterocycles. The van der Waals surface area contributed by atoms with Crippen LogP contribution in [0.25, 0.3) is 0 Å². The van der Waals surface area contributed by atoms with Gasteiger partial charge >= 0.3 is 0 Å². The number of rotatable bonds is 1. The monoisotopic (exact) mass is 238 g/mol. The van der Waals surface area contributed by atoms with Crippen molar-refractivity contribution in [2.45, 2.75) is 26.8 Å². The molecule has 1 heterocycles. The van der Waals surface area contributed by atoms with Gasteiger partial charge in [0.15, 0.2) is 0 Å². The van der Waals surface area contributed by atoms with Crippen molar-refractivity contribution in [2.75, 3.05) is 23.8 Å². The summed E-state index contributed by atoms with van der Waals surface area (Å²) in [6.45, 7) is 7.58. The molecule has 88 valence electrons. The van der Waals surface area contributed by atoms with Gasteiger partial charge in [-0.25, -0.2) is 0 Å². The van der Waals surface area contributed by atoms with Crippen LogP contribution in [-0.4, -0.2) is 19.6 Å². The van der Waals surface area contributed by atoms with E-state index in [2.05, 4.69) is 44.1 Å². The molecule has 0 saturated carbocycles. The van der Waals surface area contributed by atoms with Crippen molar-refractivity contribution in [3.8, 4) is 0 Å². The van der Waals surface area contributed by atoms with Crippen LogP contribution in [0, 0.1) is 12.8 Å². The summed E-state index contributed by atoms with van der Waals surface area (Å²) in [5.74, 6) is 0.605. The third-order valence-corrected chi connectivity index (χ3v) is 3.53. The quantitative estimate of drug-likeness (QED) is 0.805. The highest BCUT2D eigenvalue weighted by Gasteiger charge is 2.25. The highest BCUT2D eigenvalue weighted by Crippen LogP contribution is 2.38. The van der Waals surface area contributed by atoms with Gasteiger partial charge in [0.25, 0.3) is 0 Å². The minimum Gasteiger partial charge on any atom is -0.377 e. The van der Waals surface area contributed by atoms with Crippen molar-refractivity contribution in [3.63, 3.8) is 0 Å². The lowest BCUT2D eigenvalue weighted by Crippen LogP contribution is -2.42. The van der Waals surface area contributed by atoms with Crippen LogP contribution in [0.15, 0.2) is 12.1 Å². The third kappa shape index (κ3) is 1.99. The number of nitrogens with zero attached hydrogens (tertiary/aromatic N) is 1. The van der Waals surface area contributed by atoms with Crippen LogP contribution in [0.3, 0.4) is 0 Å². The molecule has 0 fully saturated rings. The molecule has 16 heavy (non-hydrogen) atoms. The maximum atomic E-state index is 6.29. The fourth-order valence-electron chi connectivity index (χ4n) is 2.17. The first-order valence-corrected chi connectivity index (χ1v) is 6.14. The lowest BCUT2D eigenvalue weighted by molar-refractivity contribution is 0.514. The van der Waals surface area contributed by atoms with E-state index < -0.39 is 0 Å². The second kappa shape index (κ2) is 4.17. The molecule has 1 aliphatic heterocycles. The van der Waals surface area contributed by atoms with E-state index in [0.717, 1.165) is 17.3 Å². The number of likely N-dealkylation sites (N-methyl/N-ethyl adjacent to an activating group) is 1. The van der Waals surface area contributed by atoms with E-state index in [0.29, 0.717) is 12.0 Å². The molecule has 0 aliphatic carbocycles. The molecule has 1 aliphatic rings. The molecule has 0 bridgehead atoms. The largest absolute Gasteiger partial charge is 0.377 e. The van der Waals surface area contributed by atoms with E-state index in [1.54, 1.807) is 0 Å². The topological polar surface area (TPSA) is 15.3 Å². The maximum Gasteiger partial charge on any atom is 0.0770 e. The molecule has 0 aromatic heterocycles. The first-order chi connectivity index (χ1) is 7.49. The SMILES string of the molecule is Cc1cc(Cl)c2c(c1)N(C)CC(C(C)C)N2. The Hall–Kier alpha value is -0.890. The van der Waals surface area contributed by atoms with Gasteiger partial charge in [-0.3, -0.25) is 0 Å². The molecule has 1 aromatic rings. The molecular formula is C13H19ClN2. The molecule has 0 amide bonds. The fourth-order valence-corrected chi connectivity index (χ4v) is 2.49. The zero-order valence-electron chi connectivity index (χ0n) is 10.3. The second-order valence-electron chi connectivity index (χ2n) is 5.02. The van der Waals surface area contributed by atoms with Crippen molar-refractivity contribution >= 4 is 23.0 Å². The lowest BCUT2D eigenvalue weighted by Gasteiger charge is -2.37. The summed E-state index contributed by atoms with van der Waals surface area (Å²) in [6, 6.07) is 4.67. The van der Waals surface area contributed by atoms with Crippen molar-refractivity contribution in [2.24, 2.45) is 5.92 Å². The summed E-state index contributed by atoms with van der Waals surface area (Å²) in [5.41, 5.74) is 3.50. The Morgan fingerprint density at radius 2 is 2.12 bits per heavy atom. The van der Waals surface area contributed by atoms with Crippen LogP contribution < -0.4 is 10.2 Å². The minimum atomic E-state index is 0.470. The molecule has 2 rings (SSSR count). The van der Waals surface area contributed by atoms with E-state index >= 15 is 0 Å². The summed E-state index contributed by atoms with van der Waals surface area (Å²) in [6.07, 6.45) is 0. The summed E-state index contributed by atoms with van der Waals surface area (Å²) in [5, 5.41) is 4.37. The van der Waals surface area contributed by atoms with Crippen LogP contribution in [0.5, 0.6) is 0 Å². The molecule has 3 heteroatoms. The second-order valence-corrected chi connectivity index (χ2v) is 5.42. The van der Waals surface area contributed by atoms with Gasteiger partial charge in [0.2, 0.25) is 0 Å². The number of benzene rings is 1. The number of fused-ring (bicyclic) bond motifs is 1.